The highest BCUT2D eigenvalue weighted by atomic mass is 16.5. The van der Waals surface area contributed by atoms with Crippen molar-refractivity contribution < 1.29 is 14.6 Å². The summed E-state index contributed by atoms with van der Waals surface area (Å²) in [7, 11) is 2.14. The van der Waals surface area contributed by atoms with Crippen molar-refractivity contribution >= 4 is 5.97 Å². The molecule has 4 nitrogen and oxygen atoms in total. The summed E-state index contributed by atoms with van der Waals surface area (Å²) in [5, 5.41) is 9.79. The van der Waals surface area contributed by atoms with E-state index in [0.717, 1.165) is 36.1 Å². The Morgan fingerprint density at radius 2 is 1.96 bits per heavy atom. The van der Waals surface area contributed by atoms with Crippen molar-refractivity contribution in [3.05, 3.63) is 65.7 Å². The Balaban J connectivity index is 1.57. The van der Waals surface area contributed by atoms with Gasteiger partial charge in [-0.05, 0) is 49.6 Å². The summed E-state index contributed by atoms with van der Waals surface area (Å²) in [6.45, 7) is 0.517. The Kier molecular flexibility index (Phi) is 4.68. The van der Waals surface area contributed by atoms with Crippen molar-refractivity contribution in [3.8, 4) is 5.75 Å². The Labute approximate surface area is 154 Å². The van der Waals surface area contributed by atoms with E-state index in [0.29, 0.717) is 18.7 Å². The molecule has 4 rings (SSSR count). The molecule has 2 aliphatic rings. The predicted molar refractivity (Wildman–Crippen MR) is 100 cm³/mol. The van der Waals surface area contributed by atoms with E-state index in [-0.39, 0.29) is 11.8 Å². The van der Waals surface area contributed by atoms with E-state index in [1.54, 1.807) is 0 Å². The fraction of sp³-hybridized carbons (Fsp3) is 0.409. The summed E-state index contributed by atoms with van der Waals surface area (Å²) < 4.78 is 5.96. The molecule has 1 N–H and O–H groups in total. The molecule has 4 atom stereocenters. The highest BCUT2D eigenvalue weighted by Gasteiger charge is 2.48. The average molecular weight is 351 g/mol. The van der Waals surface area contributed by atoms with Gasteiger partial charge in [0.25, 0.3) is 0 Å². The van der Waals surface area contributed by atoms with Gasteiger partial charge in [-0.25, -0.2) is 0 Å². The first-order valence-corrected chi connectivity index (χ1v) is 9.35. The van der Waals surface area contributed by atoms with Crippen molar-refractivity contribution in [1.82, 2.24) is 4.90 Å². The second-order valence-corrected chi connectivity index (χ2v) is 7.52. The molecule has 26 heavy (non-hydrogen) atoms. The van der Waals surface area contributed by atoms with Crippen LogP contribution < -0.4 is 4.74 Å². The molecule has 0 saturated carbocycles. The molecular weight excluding hydrogens is 326 g/mol. The summed E-state index contributed by atoms with van der Waals surface area (Å²) in [5.41, 5.74) is 2.21. The third kappa shape index (κ3) is 3.21. The zero-order chi connectivity index (χ0) is 18.1. The van der Waals surface area contributed by atoms with Crippen LogP contribution in [0.1, 0.15) is 36.3 Å². The van der Waals surface area contributed by atoms with Gasteiger partial charge in [0.05, 0.1) is 5.92 Å². The van der Waals surface area contributed by atoms with Gasteiger partial charge in [0.2, 0.25) is 0 Å². The Morgan fingerprint density at radius 3 is 2.73 bits per heavy atom. The first-order chi connectivity index (χ1) is 12.6. The lowest BCUT2D eigenvalue weighted by molar-refractivity contribution is -0.145. The molecule has 0 radical (unpaired) electrons. The highest BCUT2D eigenvalue weighted by Crippen LogP contribution is 2.47. The van der Waals surface area contributed by atoms with E-state index in [4.69, 9.17) is 4.74 Å². The molecule has 2 bridgehead atoms. The van der Waals surface area contributed by atoms with Crippen LogP contribution in [0.25, 0.3) is 0 Å². The third-order valence-electron chi connectivity index (χ3n) is 6.08. The number of hydrogen-bond acceptors (Lipinski definition) is 3. The summed E-state index contributed by atoms with van der Waals surface area (Å²) in [5.74, 6) is -0.154. The van der Waals surface area contributed by atoms with E-state index < -0.39 is 5.97 Å². The smallest absolute Gasteiger partial charge is 0.307 e. The highest BCUT2D eigenvalue weighted by molar-refractivity contribution is 5.72. The molecule has 2 aliphatic heterocycles. The summed E-state index contributed by atoms with van der Waals surface area (Å²) in [6.07, 6.45) is 2.92. The minimum absolute atomic E-state index is 0.0246. The Bertz CT molecular complexity index is 776. The first-order valence-electron chi connectivity index (χ1n) is 9.35. The summed E-state index contributed by atoms with van der Waals surface area (Å²) >= 11 is 0. The molecular formula is C22H25NO3. The third-order valence-corrected chi connectivity index (χ3v) is 6.08. The van der Waals surface area contributed by atoms with Gasteiger partial charge in [-0.2, -0.15) is 0 Å². The Morgan fingerprint density at radius 1 is 1.15 bits per heavy atom. The van der Waals surface area contributed by atoms with Crippen LogP contribution in [0, 0.1) is 5.92 Å². The molecule has 2 aromatic carbocycles. The van der Waals surface area contributed by atoms with Crippen LogP contribution in [-0.2, 0) is 11.4 Å². The summed E-state index contributed by atoms with van der Waals surface area (Å²) in [4.78, 5) is 14.3. The molecule has 0 aliphatic carbocycles. The summed E-state index contributed by atoms with van der Waals surface area (Å²) in [6, 6.07) is 18.8. The Hall–Kier alpha value is -2.33. The van der Waals surface area contributed by atoms with E-state index in [1.807, 2.05) is 48.5 Å². The lowest BCUT2D eigenvalue weighted by Crippen LogP contribution is -2.47. The van der Waals surface area contributed by atoms with Crippen LogP contribution in [-0.4, -0.2) is 35.1 Å². The number of carbonyl (C=O) groups is 1. The van der Waals surface area contributed by atoms with Crippen molar-refractivity contribution in [1.29, 1.82) is 0 Å². The number of piperidine rings is 1. The molecule has 2 aromatic rings. The number of aliphatic carboxylic acids is 1. The lowest BCUT2D eigenvalue weighted by atomic mass is 9.76. The fourth-order valence-electron chi connectivity index (χ4n) is 4.73. The minimum Gasteiger partial charge on any atom is -0.489 e. The second-order valence-electron chi connectivity index (χ2n) is 7.52. The molecule has 2 heterocycles. The van der Waals surface area contributed by atoms with Crippen LogP contribution in [0.4, 0.5) is 0 Å². The SMILES string of the molecule is CN1[C@H]2CC[C@@H]1[C@@H](c1cccc(OCc3ccccc3)c1)[C@H](C(=O)O)C2. The van der Waals surface area contributed by atoms with E-state index in [9.17, 15) is 9.90 Å². The maximum atomic E-state index is 11.9. The number of rotatable bonds is 5. The topological polar surface area (TPSA) is 49.8 Å². The molecule has 0 aromatic heterocycles. The molecule has 136 valence electrons. The number of fused-ring (bicyclic) bond motifs is 2. The molecule has 0 unspecified atom stereocenters. The van der Waals surface area contributed by atoms with Gasteiger partial charge in [0.1, 0.15) is 12.4 Å². The van der Waals surface area contributed by atoms with Gasteiger partial charge in [-0.15, -0.1) is 0 Å². The van der Waals surface area contributed by atoms with Gasteiger partial charge in [0.15, 0.2) is 0 Å². The van der Waals surface area contributed by atoms with Crippen molar-refractivity contribution in [2.45, 2.75) is 43.9 Å². The number of carboxylic acid groups (broad SMARTS) is 1. The van der Waals surface area contributed by atoms with Crippen molar-refractivity contribution in [3.63, 3.8) is 0 Å². The van der Waals surface area contributed by atoms with E-state index >= 15 is 0 Å². The maximum Gasteiger partial charge on any atom is 0.307 e. The molecule has 0 amide bonds. The van der Waals surface area contributed by atoms with Crippen LogP contribution >= 0.6 is 0 Å². The minimum atomic E-state index is -0.671. The second kappa shape index (κ2) is 7.12. The number of likely N-dealkylation sites (N-methyl/N-ethyl adjacent to an activating group) is 1. The van der Waals surface area contributed by atoms with Crippen molar-refractivity contribution in [2.24, 2.45) is 5.92 Å². The number of hydrogen-bond donors (Lipinski definition) is 1. The van der Waals surface area contributed by atoms with Crippen LogP contribution in [0.2, 0.25) is 0 Å². The quantitative estimate of drug-likeness (QED) is 0.887. The van der Waals surface area contributed by atoms with Gasteiger partial charge < -0.3 is 9.84 Å². The first kappa shape index (κ1) is 17.1. The number of benzene rings is 2. The molecule has 4 heteroatoms. The monoisotopic (exact) mass is 351 g/mol. The number of nitrogens with zero attached hydrogens (tertiary/aromatic N) is 1. The van der Waals surface area contributed by atoms with Gasteiger partial charge >= 0.3 is 5.97 Å². The van der Waals surface area contributed by atoms with Crippen LogP contribution in [0.15, 0.2) is 54.6 Å². The normalized spacial score (nSPS) is 28.0. The number of ether oxygens (including phenoxy) is 1. The van der Waals surface area contributed by atoms with E-state index in [1.165, 1.54) is 0 Å². The number of carboxylic acids is 1. The van der Waals surface area contributed by atoms with Gasteiger partial charge in [0, 0.05) is 18.0 Å². The maximum absolute atomic E-state index is 11.9. The fourth-order valence-corrected chi connectivity index (χ4v) is 4.73. The van der Waals surface area contributed by atoms with Crippen molar-refractivity contribution in [2.75, 3.05) is 7.05 Å². The largest absolute Gasteiger partial charge is 0.489 e. The van der Waals surface area contributed by atoms with E-state index in [2.05, 4.69) is 18.0 Å². The zero-order valence-electron chi connectivity index (χ0n) is 15.0. The van der Waals surface area contributed by atoms with Crippen LogP contribution in [0.3, 0.4) is 0 Å². The standard InChI is InChI=1S/C22H25NO3/c1-23-17-10-11-20(23)21(19(13-17)22(24)25)16-8-5-9-18(12-16)26-14-15-6-3-2-4-7-15/h2-9,12,17,19-21H,10-11,13-14H2,1H3,(H,24,25)/t17-,19+,20+,21-/m0/s1. The predicted octanol–water partition coefficient (Wildman–Crippen LogP) is 3.92. The lowest BCUT2D eigenvalue weighted by Gasteiger charge is -2.41. The molecule has 2 fully saturated rings. The van der Waals surface area contributed by atoms with Crippen LogP contribution in [0.5, 0.6) is 5.75 Å². The van der Waals surface area contributed by atoms with Gasteiger partial charge in [-0.1, -0.05) is 42.5 Å². The average Bonchev–Trinajstić information content (AvgIpc) is 2.90. The zero-order valence-corrected chi connectivity index (χ0v) is 15.0. The molecule has 2 saturated heterocycles. The van der Waals surface area contributed by atoms with Gasteiger partial charge in [-0.3, -0.25) is 9.69 Å². The molecule has 0 spiro atoms.